The topological polar surface area (TPSA) is 83.5 Å². The first kappa shape index (κ1) is 8.80. The van der Waals surface area contributed by atoms with Gasteiger partial charge in [-0.2, -0.15) is 4.52 Å². The summed E-state index contributed by atoms with van der Waals surface area (Å²) in [6, 6.07) is 3.95. The van der Waals surface area contributed by atoms with Gasteiger partial charge in [-0.3, -0.25) is 0 Å². The second kappa shape index (κ2) is 2.87. The fourth-order valence-corrected chi connectivity index (χ4v) is 1.53. The molecule has 0 aromatic carbocycles. The summed E-state index contributed by atoms with van der Waals surface area (Å²) in [5, 5.41) is 4.18. The van der Waals surface area contributed by atoms with Crippen molar-refractivity contribution in [2.75, 3.05) is 11.5 Å². The molecule has 0 aliphatic carbocycles. The molecule has 0 radical (unpaired) electrons. The molecule has 2 aromatic heterocycles. The lowest BCUT2D eigenvalue weighted by Gasteiger charge is -2.02. The van der Waals surface area contributed by atoms with Crippen molar-refractivity contribution < 1.29 is 4.98 Å². The van der Waals surface area contributed by atoms with Crippen LogP contribution in [0.4, 0.5) is 11.8 Å². The molecule has 0 atom stereocenters. The summed E-state index contributed by atoms with van der Waals surface area (Å²) in [7, 11) is 0. The Balaban J connectivity index is 2.78. The highest BCUT2D eigenvalue weighted by atomic mass is 15.3. The molecule has 0 aliphatic rings. The highest BCUT2D eigenvalue weighted by Crippen LogP contribution is 2.19. The minimum Gasteiger partial charge on any atom is -0.333 e. The molecule has 5 N–H and O–H groups in total. The van der Waals surface area contributed by atoms with E-state index in [-0.39, 0.29) is 0 Å². The molecule has 0 saturated carbocycles. The highest BCUT2D eigenvalue weighted by molar-refractivity contribution is 5.63. The summed E-state index contributed by atoms with van der Waals surface area (Å²) >= 11 is 0. The van der Waals surface area contributed by atoms with E-state index in [9.17, 15) is 0 Å². The highest BCUT2D eigenvalue weighted by Gasteiger charge is 2.13. The third kappa shape index (κ3) is 1.17. The molecule has 0 saturated heterocycles. The monoisotopic (exact) mass is 192 g/mol. The molecule has 2 heterocycles. The number of aromatic nitrogens is 3. The van der Waals surface area contributed by atoms with Gasteiger partial charge in [0.15, 0.2) is 0 Å². The number of hydrogen-bond acceptors (Lipinski definition) is 3. The SMILES string of the molecule is CC(C)c1ccc2c(N)[nH+]c(N)nn12. The van der Waals surface area contributed by atoms with Crippen molar-refractivity contribution in [1.29, 1.82) is 0 Å². The van der Waals surface area contributed by atoms with E-state index >= 15 is 0 Å². The molecular weight excluding hydrogens is 178 g/mol. The lowest BCUT2D eigenvalue weighted by molar-refractivity contribution is -0.346. The number of H-pyrrole nitrogens is 1. The number of nitrogens with one attached hydrogen (secondary N) is 1. The van der Waals surface area contributed by atoms with E-state index < -0.39 is 0 Å². The molecule has 0 unspecified atom stereocenters. The molecule has 0 bridgehead atoms. The van der Waals surface area contributed by atoms with Gasteiger partial charge in [0, 0.05) is 0 Å². The number of nitrogens with zero attached hydrogens (tertiary/aromatic N) is 2. The van der Waals surface area contributed by atoms with Gasteiger partial charge in [-0.05, 0) is 23.1 Å². The van der Waals surface area contributed by atoms with Crippen LogP contribution in [0.3, 0.4) is 0 Å². The number of nitrogen functional groups attached to an aromatic ring is 2. The molecule has 5 heteroatoms. The van der Waals surface area contributed by atoms with Crippen LogP contribution in [0.15, 0.2) is 12.1 Å². The Morgan fingerprint density at radius 2 is 2.07 bits per heavy atom. The van der Waals surface area contributed by atoms with Gasteiger partial charge in [-0.25, -0.2) is 4.98 Å². The molecule has 74 valence electrons. The lowest BCUT2D eigenvalue weighted by atomic mass is 10.1. The van der Waals surface area contributed by atoms with Gasteiger partial charge in [-0.15, -0.1) is 0 Å². The number of aromatic amines is 1. The van der Waals surface area contributed by atoms with E-state index in [1.54, 1.807) is 4.52 Å². The van der Waals surface area contributed by atoms with Crippen LogP contribution in [-0.2, 0) is 0 Å². The van der Waals surface area contributed by atoms with Gasteiger partial charge in [0.2, 0.25) is 5.82 Å². The van der Waals surface area contributed by atoms with Crippen LogP contribution in [0, 0.1) is 0 Å². The van der Waals surface area contributed by atoms with Crippen molar-refractivity contribution in [3.63, 3.8) is 0 Å². The van der Waals surface area contributed by atoms with Crippen LogP contribution >= 0.6 is 0 Å². The fraction of sp³-hybridized carbons (Fsp3) is 0.333. The largest absolute Gasteiger partial charge is 0.363 e. The van der Waals surface area contributed by atoms with Gasteiger partial charge in [0.1, 0.15) is 5.52 Å². The quantitative estimate of drug-likeness (QED) is 0.687. The third-order valence-corrected chi connectivity index (χ3v) is 2.22. The molecule has 0 aliphatic heterocycles. The average molecular weight is 192 g/mol. The van der Waals surface area contributed by atoms with Crippen molar-refractivity contribution in [3.8, 4) is 0 Å². The summed E-state index contributed by atoms with van der Waals surface area (Å²) in [5.74, 6) is 1.27. The van der Waals surface area contributed by atoms with Crippen LogP contribution in [0.1, 0.15) is 25.5 Å². The van der Waals surface area contributed by atoms with E-state index in [0.717, 1.165) is 11.2 Å². The summed E-state index contributed by atoms with van der Waals surface area (Å²) in [6.07, 6.45) is 0. The fourth-order valence-electron chi connectivity index (χ4n) is 1.53. The summed E-state index contributed by atoms with van der Waals surface area (Å²) < 4.78 is 1.78. The molecule has 2 rings (SSSR count). The van der Waals surface area contributed by atoms with Crippen molar-refractivity contribution >= 4 is 17.3 Å². The minimum absolute atomic E-state index is 0.327. The first-order chi connectivity index (χ1) is 6.59. The van der Waals surface area contributed by atoms with E-state index in [2.05, 4.69) is 23.9 Å². The van der Waals surface area contributed by atoms with Gasteiger partial charge >= 0.3 is 5.95 Å². The van der Waals surface area contributed by atoms with E-state index in [0.29, 0.717) is 17.7 Å². The normalized spacial score (nSPS) is 11.4. The Morgan fingerprint density at radius 1 is 1.36 bits per heavy atom. The number of anilines is 2. The first-order valence-corrected chi connectivity index (χ1v) is 4.55. The number of hydrogen-bond donors (Lipinski definition) is 2. The maximum atomic E-state index is 5.77. The lowest BCUT2D eigenvalue weighted by Crippen LogP contribution is -2.20. The molecule has 0 spiro atoms. The Morgan fingerprint density at radius 3 is 2.71 bits per heavy atom. The molecular formula is C9H14N5+. The van der Waals surface area contributed by atoms with Crippen LogP contribution in [0.5, 0.6) is 0 Å². The summed E-state index contributed by atoms with van der Waals surface area (Å²) in [5.41, 5.74) is 13.3. The van der Waals surface area contributed by atoms with Crippen molar-refractivity contribution in [2.45, 2.75) is 19.8 Å². The Kier molecular flexibility index (Phi) is 1.80. The van der Waals surface area contributed by atoms with Crippen LogP contribution in [0.25, 0.3) is 5.52 Å². The molecule has 5 nitrogen and oxygen atoms in total. The van der Waals surface area contributed by atoms with E-state index in [4.69, 9.17) is 11.5 Å². The molecule has 0 amide bonds. The maximum Gasteiger partial charge on any atom is 0.363 e. The van der Waals surface area contributed by atoms with Crippen LogP contribution in [-0.4, -0.2) is 9.61 Å². The standard InChI is InChI=1S/C9H13N5/c1-5(2)6-3-4-7-8(10)12-9(11)13-14(6)7/h3-5H,1-2H3,(H4,10,11,12,13)/p+1. The predicted octanol–water partition coefficient (Wildman–Crippen LogP) is 0.436. The summed E-state index contributed by atoms with van der Waals surface area (Å²) in [4.78, 5) is 2.79. The number of fused-ring (bicyclic) bond motifs is 1. The Bertz CT molecular complexity index is 471. The zero-order valence-corrected chi connectivity index (χ0v) is 8.28. The van der Waals surface area contributed by atoms with Gasteiger partial charge < -0.3 is 11.5 Å². The number of nitrogens with two attached hydrogens (primary N) is 2. The minimum atomic E-state index is 0.327. The van der Waals surface area contributed by atoms with Crippen molar-refractivity contribution in [2.24, 2.45) is 0 Å². The van der Waals surface area contributed by atoms with Gasteiger partial charge in [-0.1, -0.05) is 13.8 Å². The third-order valence-electron chi connectivity index (χ3n) is 2.22. The van der Waals surface area contributed by atoms with Gasteiger partial charge in [0.25, 0.3) is 0 Å². The smallest absolute Gasteiger partial charge is 0.333 e. The summed E-state index contributed by atoms with van der Waals surface area (Å²) in [6.45, 7) is 4.21. The molecule has 2 aromatic rings. The second-order valence-corrected chi connectivity index (χ2v) is 3.63. The number of rotatable bonds is 1. The van der Waals surface area contributed by atoms with E-state index in [1.165, 1.54) is 0 Å². The zero-order valence-electron chi connectivity index (χ0n) is 8.28. The predicted molar refractivity (Wildman–Crippen MR) is 54.7 cm³/mol. The zero-order chi connectivity index (χ0) is 10.3. The van der Waals surface area contributed by atoms with Crippen LogP contribution < -0.4 is 16.5 Å². The van der Waals surface area contributed by atoms with Crippen molar-refractivity contribution in [3.05, 3.63) is 17.8 Å². The molecule has 0 fully saturated rings. The van der Waals surface area contributed by atoms with Gasteiger partial charge in [0.05, 0.1) is 5.69 Å². The second-order valence-electron chi connectivity index (χ2n) is 3.63. The first-order valence-electron chi connectivity index (χ1n) is 4.55. The Hall–Kier alpha value is -1.78. The molecule has 14 heavy (non-hydrogen) atoms. The van der Waals surface area contributed by atoms with Crippen LogP contribution in [0.2, 0.25) is 0 Å². The van der Waals surface area contributed by atoms with E-state index in [1.807, 2.05) is 12.1 Å². The maximum absolute atomic E-state index is 5.77. The average Bonchev–Trinajstić information content (AvgIpc) is 2.47. The van der Waals surface area contributed by atoms with Crippen molar-refractivity contribution in [1.82, 2.24) is 9.61 Å². The Labute approximate surface area is 81.7 Å².